The molecule has 5 heteroatoms. The van der Waals surface area contributed by atoms with Crippen LogP contribution in [0.2, 0.25) is 0 Å². The Balaban J connectivity index is 3.30. The molecule has 1 aromatic rings. The zero-order valence-corrected chi connectivity index (χ0v) is 9.25. The number of nitrogens with two attached hydrogens (primary N) is 1. The minimum Gasteiger partial charge on any atom is -0.496 e. The molecule has 4 nitrogen and oxygen atoms in total. The third kappa shape index (κ3) is 2.37. The molecular weight excluding hydrogens is 213 g/mol. The monoisotopic (exact) mass is 227 g/mol. The summed E-state index contributed by atoms with van der Waals surface area (Å²) in [4.78, 5) is 11.5. The summed E-state index contributed by atoms with van der Waals surface area (Å²) >= 11 is 0. The SMILES string of the molecule is COCc1c(F)ccc(C(=O)CN)c1OC. The maximum Gasteiger partial charge on any atom is 0.180 e. The van der Waals surface area contributed by atoms with E-state index in [1.165, 1.54) is 26.4 Å². The number of carbonyl (C=O) groups excluding carboxylic acids is 1. The van der Waals surface area contributed by atoms with Gasteiger partial charge in [-0.3, -0.25) is 4.79 Å². The number of rotatable bonds is 5. The molecule has 0 aromatic heterocycles. The van der Waals surface area contributed by atoms with E-state index in [0.717, 1.165) is 0 Å². The van der Waals surface area contributed by atoms with E-state index >= 15 is 0 Å². The van der Waals surface area contributed by atoms with Gasteiger partial charge in [-0.1, -0.05) is 0 Å². The van der Waals surface area contributed by atoms with E-state index in [0.29, 0.717) is 0 Å². The van der Waals surface area contributed by atoms with E-state index in [4.69, 9.17) is 15.2 Å². The summed E-state index contributed by atoms with van der Waals surface area (Å²) in [5.74, 6) is -0.571. The molecule has 16 heavy (non-hydrogen) atoms. The van der Waals surface area contributed by atoms with Gasteiger partial charge in [-0.05, 0) is 12.1 Å². The second-order valence-electron chi connectivity index (χ2n) is 3.17. The lowest BCUT2D eigenvalue weighted by molar-refractivity contribution is 0.0997. The van der Waals surface area contributed by atoms with Gasteiger partial charge in [0.15, 0.2) is 5.78 Å². The van der Waals surface area contributed by atoms with E-state index in [1.54, 1.807) is 0 Å². The highest BCUT2D eigenvalue weighted by Crippen LogP contribution is 2.27. The summed E-state index contributed by atoms with van der Waals surface area (Å²) in [5, 5.41) is 0. The lowest BCUT2D eigenvalue weighted by Gasteiger charge is -2.12. The smallest absolute Gasteiger partial charge is 0.180 e. The van der Waals surface area contributed by atoms with Crippen LogP contribution in [0.5, 0.6) is 5.75 Å². The summed E-state index contributed by atoms with van der Waals surface area (Å²) in [6, 6.07) is 2.57. The molecule has 88 valence electrons. The molecular formula is C11H14FNO3. The molecule has 0 unspecified atom stereocenters. The molecule has 0 heterocycles. The van der Waals surface area contributed by atoms with Gasteiger partial charge in [-0.2, -0.15) is 0 Å². The van der Waals surface area contributed by atoms with Crippen LogP contribution in [0, 0.1) is 5.82 Å². The number of Topliss-reactive ketones (excluding diaryl/α,β-unsaturated/α-hetero) is 1. The van der Waals surface area contributed by atoms with Crippen LogP contribution in [-0.4, -0.2) is 26.5 Å². The molecule has 0 amide bonds. The predicted octanol–water partition coefficient (Wildman–Crippen LogP) is 1.12. The molecule has 0 radical (unpaired) electrons. The van der Waals surface area contributed by atoms with E-state index in [1.807, 2.05) is 0 Å². The number of methoxy groups -OCH3 is 2. The molecule has 0 bridgehead atoms. The van der Waals surface area contributed by atoms with Crippen molar-refractivity contribution in [2.24, 2.45) is 5.73 Å². The second kappa shape index (κ2) is 5.58. The van der Waals surface area contributed by atoms with E-state index in [-0.39, 0.29) is 35.8 Å². The molecule has 0 saturated heterocycles. The quantitative estimate of drug-likeness (QED) is 0.766. The zero-order chi connectivity index (χ0) is 12.1. The zero-order valence-electron chi connectivity index (χ0n) is 9.25. The third-order valence-electron chi connectivity index (χ3n) is 2.18. The molecule has 0 aliphatic carbocycles. The first-order chi connectivity index (χ1) is 7.65. The number of hydrogen-bond acceptors (Lipinski definition) is 4. The molecule has 0 fully saturated rings. The summed E-state index contributed by atoms with van der Waals surface area (Å²) in [6.07, 6.45) is 0. The molecule has 2 N–H and O–H groups in total. The molecule has 0 spiro atoms. The van der Waals surface area contributed by atoms with Crippen molar-refractivity contribution in [3.05, 3.63) is 29.1 Å². The Morgan fingerprint density at radius 2 is 2.12 bits per heavy atom. The first kappa shape index (κ1) is 12.6. The van der Waals surface area contributed by atoms with Crippen molar-refractivity contribution in [2.45, 2.75) is 6.61 Å². The topological polar surface area (TPSA) is 61.5 Å². The lowest BCUT2D eigenvalue weighted by atomic mass is 10.0. The van der Waals surface area contributed by atoms with Crippen molar-refractivity contribution in [1.29, 1.82) is 0 Å². The van der Waals surface area contributed by atoms with Gasteiger partial charge in [0.05, 0.1) is 31.4 Å². The minimum absolute atomic E-state index is 0.0424. The Morgan fingerprint density at radius 1 is 1.44 bits per heavy atom. The number of ketones is 1. The molecule has 0 atom stereocenters. The second-order valence-corrected chi connectivity index (χ2v) is 3.17. The van der Waals surface area contributed by atoms with E-state index in [2.05, 4.69) is 0 Å². The molecule has 1 aromatic carbocycles. The first-order valence-electron chi connectivity index (χ1n) is 4.73. The summed E-state index contributed by atoms with van der Waals surface area (Å²) in [6.45, 7) is -0.102. The van der Waals surface area contributed by atoms with Crippen molar-refractivity contribution in [3.63, 3.8) is 0 Å². The lowest BCUT2D eigenvalue weighted by Crippen LogP contribution is -2.16. The fourth-order valence-corrected chi connectivity index (χ4v) is 1.45. The van der Waals surface area contributed by atoms with E-state index < -0.39 is 5.82 Å². The van der Waals surface area contributed by atoms with Gasteiger partial charge < -0.3 is 15.2 Å². The largest absolute Gasteiger partial charge is 0.496 e. The Kier molecular flexibility index (Phi) is 4.39. The first-order valence-corrected chi connectivity index (χ1v) is 4.73. The maximum absolute atomic E-state index is 13.5. The molecule has 1 rings (SSSR count). The van der Waals surface area contributed by atoms with Crippen molar-refractivity contribution in [2.75, 3.05) is 20.8 Å². The fourth-order valence-electron chi connectivity index (χ4n) is 1.45. The number of benzene rings is 1. The van der Waals surface area contributed by atoms with Gasteiger partial charge in [0.1, 0.15) is 11.6 Å². The standard InChI is InChI=1S/C11H14FNO3/c1-15-6-8-9(12)4-3-7(10(14)5-13)11(8)16-2/h3-4H,5-6,13H2,1-2H3. The number of halogens is 1. The van der Waals surface area contributed by atoms with Crippen molar-refractivity contribution < 1.29 is 18.7 Å². The predicted molar refractivity (Wildman–Crippen MR) is 57.0 cm³/mol. The summed E-state index contributed by atoms with van der Waals surface area (Å²) in [5.41, 5.74) is 5.76. The average molecular weight is 227 g/mol. The average Bonchev–Trinajstić information content (AvgIpc) is 2.30. The van der Waals surface area contributed by atoms with Crippen LogP contribution in [0.25, 0.3) is 0 Å². The number of ether oxygens (including phenoxy) is 2. The molecule has 0 aliphatic rings. The van der Waals surface area contributed by atoms with Crippen LogP contribution < -0.4 is 10.5 Å². The molecule has 0 aliphatic heterocycles. The van der Waals surface area contributed by atoms with Crippen LogP contribution in [0.4, 0.5) is 4.39 Å². The molecule has 0 saturated carbocycles. The van der Waals surface area contributed by atoms with Crippen LogP contribution in [-0.2, 0) is 11.3 Å². The Bertz CT molecular complexity index is 393. The Hall–Kier alpha value is -1.46. The van der Waals surface area contributed by atoms with Gasteiger partial charge >= 0.3 is 0 Å². The van der Waals surface area contributed by atoms with Gasteiger partial charge in [0.25, 0.3) is 0 Å². The highest BCUT2D eigenvalue weighted by molar-refractivity contribution is 6.00. The summed E-state index contributed by atoms with van der Waals surface area (Å²) in [7, 11) is 2.82. The highest BCUT2D eigenvalue weighted by atomic mass is 19.1. The van der Waals surface area contributed by atoms with Crippen molar-refractivity contribution in [1.82, 2.24) is 0 Å². The Morgan fingerprint density at radius 3 is 2.62 bits per heavy atom. The van der Waals surface area contributed by atoms with Gasteiger partial charge in [-0.25, -0.2) is 4.39 Å². The number of carbonyl (C=O) groups is 1. The van der Waals surface area contributed by atoms with E-state index in [9.17, 15) is 9.18 Å². The Labute approximate surface area is 93.2 Å². The van der Waals surface area contributed by atoms with Crippen LogP contribution >= 0.6 is 0 Å². The minimum atomic E-state index is -0.465. The highest BCUT2D eigenvalue weighted by Gasteiger charge is 2.18. The van der Waals surface area contributed by atoms with Crippen LogP contribution in [0.15, 0.2) is 12.1 Å². The van der Waals surface area contributed by atoms with Crippen LogP contribution in [0.3, 0.4) is 0 Å². The fraction of sp³-hybridized carbons (Fsp3) is 0.364. The normalized spacial score (nSPS) is 10.2. The van der Waals surface area contributed by atoms with Crippen molar-refractivity contribution >= 4 is 5.78 Å². The maximum atomic E-state index is 13.5. The third-order valence-corrected chi connectivity index (χ3v) is 2.18. The van der Waals surface area contributed by atoms with Crippen LogP contribution in [0.1, 0.15) is 15.9 Å². The summed E-state index contributed by atoms with van der Waals surface area (Å²) < 4.78 is 23.4. The van der Waals surface area contributed by atoms with Crippen molar-refractivity contribution in [3.8, 4) is 5.75 Å². The van der Waals surface area contributed by atoms with Gasteiger partial charge in [0, 0.05) is 7.11 Å². The number of hydrogen-bond donors (Lipinski definition) is 1. The van der Waals surface area contributed by atoms with Gasteiger partial charge in [-0.15, -0.1) is 0 Å². The van der Waals surface area contributed by atoms with Gasteiger partial charge in [0.2, 0.25) is 0 Å².